The third kappa shape index (κ3) is 4.70. The molecule has 0 unspecified atom stereocenters. The average molecular weight is 442 g/mol. The SMILES string of the molecule is Cc1c(CN(C)C(=O)/C=C/c2cnc3c(c2)NC[C@@H](N)C(=O)N3)oc2ccccc12.Cl. The van der Waals surface area contributed by atoms with Gasteiger partial charge in [0.2, 0.25) is 11.8 Å². The predicted octanol–water partition coefficient (Wildman–Crippen LogP) is 2.92. The van der Waals surface area contributed by atoms with Crippen LogP contribution in [0.3, 0.4) is 0 Å². The summed E-state index contributed by atoms with van der Waals surface area (Å²) in [6.45, 7) is 2.68. The molecule has 3 aromatic rings. The zero-order valence-corrected chi connectivity index (χ0v) is 18.0. The van der Waals surface area contributed by atoms with E-state index in [1.165, 1.54) is 6.08 Å². The minimum absolute atomic E-state index is 0. The third-order valence-electron chi connectivity index (χ3n) is 5.12. The fraction of sp³-hybridized carbons (Fsp3) is 0.227. The molecular weight excluding hydrogens is 418 g/mol. The van der Waals surface area contributed by atoms with E-state index in [-0.39, 0.29) is 24.2 Å². The molecule has 31 heavy (non-hydrogen) atoms. The maximum atomic E-state index is 12.6. The molecule has 0 saturated heterocycles. The molecular formula is C22H24ClN5O3. The van der Waals surface area contributed by atoms with Crippen molar-refractivity contribution < 1.29 is 14.0 Å². The number of carbonyl (C=O) groups is 2. The van der Waals surface area contributed by atoms with Crippen molar-refractivity contribution in [3.63, 3.8) is 0 Å². The molecule has 9 heteroatoms. The van der Waals surface area contributed by atoms with Crippen LogP contribution in [0.2, 0.25) is 0 Å². The van der Waals surface area contributed by atoms with Crippen molar-refractivity contribution in [2.45, 2.75) is 19.5 Å². The van der Waals surface area contributed by atoms with Crippen LogP contribution in [-0.4, -0.2) is 41.3 Å². The Morgan fingerprint density at radius 2 is 2.16 bits per heavy atom. The van der Waals surface area contributed by atoms with Gasteiger partial charge in [0.15, 0.2) is 5.82 Å². The van der Waals surface area contributed by atoms with Crippen LogP contribution in [0, 0.1) is 6.92 Å². The summed E-state index contributed by atoms with van der Waals surface area (Å²) in [7, 11) is 1.73. The molecule has 1 aliphatic rings. The highest BCUT2D eigenvalue weighted by molar-refractivity contribution is 5.98. The monoisotopic (exact) mass is 441 g/mol. The van der Waals surface area contributed by atoms with E-state index in [4.69, 9.17) is 10.2 Å². The van der Waals surface area contributed by atoms with Crippen LogP contribution < -0.4 is 16.4 Å². The van der Waals surface area contributed by atoms with Gasteiger partial charge in [-0.15, -0.1) is 12.4 Å². The number of furan rings is 1. The van der Waals surface area contributed by atoms with Crippen LogP contribution in [0.1, 0.15) is 16.9 Å². The molecule has 3 heterocycles. The molecule has 0 fully saturated rings. The molecule has 0 aliphatic carbocycles. The number of rotatable bonds is 4. The highest BCUT2D eigenvalue weighted by Gasteiger charge is 2.20. The molecule has 4 rings (SSSR count). The van der Waals surface area contributed by atoms with E-state index in [9.17, 15) is 9.59 Å². The lowest BCUT2D eigenvalue weighted by atomic mass is 10.1. The Balaban J connectivity index is 0.00000272. The van der Waals surface area contributed by atoms with E-state index < -0.39 is 6.04 Å². The number of aryl methyl sites for hydroxylation is 1. The fourth-order valence-electron chi connectivity index (χ4n) is 3.29. The van der Waals surface area contributed by atoms with Crippen LogP contribution >= 0.6 is 12.4 Å². The second kappa shape index (κ2) is 9.20. The Labute approximate surface area is 185 Å². The Kier molecular flexibility index (Phi) is 6.62. The number of para-hydroxylation sites is 1. The Bertz CT molecular complexity index is 1160. The van der Waals surface area contributed by atoms with Crippen molar-refractivity contribution in [2.24, 2.45) is 5.73 Å². The second-order valence-corrected chi connectivity index (χ2v) is 7.32. The number of fused-ring (bicyclic) bond motifs is 2. The first-order chi connectivity index (χ1) is 14.4. The summed E-state index contributed by atoms with van der Waals surface area (Å²) >= 11 is 0. The first-order valence-electron chi connectivity index (χ1n) is 9.63. The van der Waals surface area contributed by atoms with Crippen molar-refractivity contribution in [1.29, 1.82) is 0 Å². The largest absolute Gasteiger partial charge is 0.459 e. The lowest BCUT2D eigenvalue weighted by Crippen LogP contribution is -2.39. The maximum absolute atomic E-state index is 12.6. The van der Waals surface area contributed by atoms with E-state index in [0.29, 0.717) is 24.6 Å². The highest BCUT2D eigenvalue weighted by atomic mass is 35.5. The number of halogens is 1. The molecule has 0 radical (unpaired) electrons. The van der Waals surface area contributed by atoms with Gasteiger partial charge in [-0.2, -0.15) is 0 Å². The maximum Gasteiger partial charge on any atom is 0.246 e. The smallest absolute Gasteiger partial charge is 0.246 e. The predicted molar refractivity (Wildman–Crippen MR) is 123 cm³/mol. The summed E-state index contributed by atoms with van der Waals surface area (Å²) in [5, 5.41) is 6.83. The fourth-order valence-corrected chi connectivity index (χ4v) is 3.29. The Hall–Kier alpha value is -3.36. The third-order valence-corrected chi connectivity index (χ3v) is 5.12. The van der Waals surface area contributed by atoms with Gasteiger partial charge >= 0.3 is 0 Å². The zero-order valence-electron chi connectivity index (χ0n) is 17.2. The topological polar surface area (TPSA) is 113 Å². The van der Waals surface area contributed by atoms with Gasteiger partial charge in [0.25, 0.3) is 0 Å². The summed E-state index contributed by atoms with van der Waals surface area (Å²) in [6.07, 6.45) is 4.76. The van der Waals surface area contributed by atoms with Crippen molar-refractivity contribution in [3.8, 4) is 0 Å². The van der Waals surface area contributed by atoms with Gasteiger partial charge in [0.1, 0.15) is 17.4 Å². The molecule has 0 spiro atoms. The number of pyridine rings is 1. The number of nitrogens with two attached hydrogens (primary N) is 1. The second-order valence-electron chi connectivity index (χ2n) is 7.32. The minimum atomic E-state index is -0.643. The van der Waals surface area contributed by atoms with E-state index in [2.05, 4.69) is 15.6 Å². The molecule has 1 aliphatic heterocycles. The minimum Gasteiger partial charge on any atom is -0.459 e. The summed E-state index contributed by atoms with van der Waals surface area (Å²) in [6, 6.07) is 8.99. The quantitative estimate of drug-likeness (QED) is 0.536. The molecule has 1 aromatic carbocycles. The van der Waals surface area contributed by atoms with Crippen molar-refractivity contribution in [1.82, 2.24) is 9.88 Å². The first kappa shape index (κ1) is 22.3. The summed E-state index contributed by atoms with van der Waals surface area (Å²) < 4.78 is 5.89. The normalized spacial score (nSPS) is 15.6. The van der Waals surface area contributed by atoms with E-state index >= 15 is 0 Å². The Morgan fingerprint density at radius 3 is 2.94 bits per heavy atom. The molecule has 1 atom stereocenters. The summed E-state index contributed by atoms with van der Waals surface area (Å²) in [5.74, 6) is 0.750. The highest BCUT2D eigenvalue weighted by Crippen LogP contribution is 2.26. The molecule has 0 saturated carbocycles. The molecule has 2 aromatic heterocycles. The van der Waals surface area contributed by atoms with Gasteiger partial charge < -0.3 is 25.7 Å². The lowest BCUT2D eigenvalue weighted by molar-refractivity contribution is -0.125. The van der Waals surface area contributed by atoms with Crippen LogP contribution in [0.15, 0.2) is 47.0 Å². The zero-order chi connectivity index (χ0) is 21.3. The number of benzene rings is 1. The summed E-state index contributed by atoms with van der Waals surface area (Å²) in [4.78, 5) is 30.2. The molecule has 162 valence electrons. The van der Waals surface area contributed by atoms with E-state index in [1.54, 1.807) is 24.2 Å². The number of hydrogen-bond donors (Lipinski definition) is 3. The van der Waals surface area contributed by atoms with Crippen molar-refractivity contribution in [3.05, 3.63) is 59.5 Å². The molecule has 4 N–H and O–H groups in total. The lowest BCUT2D eigenvalue weighted by Gasteiger charge is -2.14. The summed E-state index contributed by atoms with van der Waals surface area (Å²) in [5.41, 5.74) is 9.00. The van der Waals surface area contributed by atoms with Gasteiger partial charge in [-0.05, 0) is 30.7 Å². The molecule has 8 nitrogen and oxygen atoms in total. The molecule has 2 amide bonds. The number of amides is 2. The average Bonchev–Trinajstić information content (AvgIpc) is 2.98. The number of aromatic nitrogens is 1. The van der Waals surface area contributed by atoms with Gasteiger partial charge in [-0.3, -0.25) is 9.59 Å². The Morgan fingerprint density at radius 1 is 1.39 bits per heavy atom. The number of nitrogens with zero attached hydrogens (tertiary/aromatic N) is 2. The number of carbonyl (C=O) groups excluding carboxylic acids is 2. The molecule has 0 bridgehead atoms. The van der Waals surface area contributed by atoms with Crippen LogP contribution in [0.25, 0.3) is 17.0 Å². The van der Waals surface area contributed by atoms with Gasteiger partial charge in [0.05, 0.1) is 12.2 Å². The van der Waals surface area contributed by atoms with Gasteiger partial charge in [0, 0.05) is 36.8 Å². The van der Waals surface area contributed by atoms with Crippen LogP contribution in [0.4, 0.5) is 11.5 Å². The van der Waals surface area contributed by atoms with Gasteiger partial charge in [-0.1, -0.05) is 18.2 Å². The van der Waals surface area contributed by atoms with Crippen LogP contribution in [0.5, 0.6) is 0 Å². The number of likely N-dealkylation sites (N-methyl/N-ethyl adjacent to an activating group) is 1. The van der Waals surface area contributed by atoms with Crippen molar-refractivity contribution in [2.75, 3.05) is 24.2 Å². The van der Waals surface area contributed by atoms with Crippen molar-refractivity contribution >= 4 is 52.8 Å². The van der Waals surface area contributed by atoms with Crippen LogP contribution in [-0.2, 0) is 16.1 Å². The number of nitrogens with one attached hydrogen (secondary N) is 2. The first-order valence-corrected chi connectivity index (χ1v) is 9.63. The van der Waals surface area contributed by atoms with E-state index in [0.717, 1.165) is 27.9 Å². The van der Waals surface area contributed by atoms with Gasteiger partial charge in [-0.25, -0.2) is 4.98 Å². The number of hydrogen-bond acceptors (Lipinski definition) is 6. The van der Waals surface area contributed by atoms with E-state index in [1.807, 2.05) is 37.3 Å². The standard InChI is InChI=1S/C22H23N5O3.ClH/c1-13-15-5-3-4-6-18(15)30-19(13)12-27(2)20(28)8-7-14-9-17-21(25-10-14)26-22(29)16(23)11-24-17;/h3-10,16,24H,11-12,23H2,1-2H3,(H,25,26,29);1H/b8-7+;/t16-;/m1./s1. The number of anilines is 2.